The molecule has 0 saturated heterocycles. The van der Waals surface area contributed by atoms with E-state index in [0.29, 0.717) is 34.5 Å². The van der Waals surface area contributed by atoms with Gasteiger partial charge < -0.3 is 10.1 Å². The fourth-order valence-electron chi connectivity index (χ4n) is 3.08. The second kappa shape index (κ2) is 9.32. The number of carbonyl (C=O) groups excluding carboxylic acids is 1. The predicted octanol–water partition coefficient (Wildman–Crippen LogP) is 4.18. The van der Waals surface area contributed by atoms with Crippen molar-refractivity contribution in [3.05, 3.63) is 99.4 Å². The number of nitrogens with one attached hydrogen (secondary N) is 3. The van der Waals surface area contributed by atoms with Crippen LogP contribution in [0, 0.1) is 0 Å². The summed E-state index contributed by atoms with van der Waals surface area (Å²) < 4.78 is 5.83. The smallest absolute Gasteiger partial charge is 0.340 e. The number of benzene rings is 3. The highest BCUT2D eigenvalue weighted by atomic mass is 35.5. The molecule has 1 heterocycles. The van der Waals surface area contributed by atoms with Crippen molar-refractivity contribution in [3.8, 4) is 17.1 Å². The number of nitrogens with zero attached hydrogens (tertiary/aromatic N) is 1. The number of aromatic nitrogens is 3. The van der Waals surface area contributed by atoms with Gasteiger partial charge >= 0.3 is 5.69 Å². The standard InChI is InChI=1S/C23H19ClN4O3/c24-18-7-1-5-16(10-18)14-31-20-9-2-4-15(11-20)12-21(29)25-19-8-3-6-17(13-19)22-26-23(30)28-27-22/h1-11,13H,12,14H2,(H,25,29)(H2,26,27,28,30). The molecule has 0 aliphatic heterocycles. The number of anilines is 1. The van der Waals surface area contributed by atoms with Gasteiger partial charge in [0.15, 0.2) is 5.82 Å². The molecule has 156 valence electrons. The number of aromatic amines is 2. The lowest BCUT2D eigenvalue weighted by Gasteiger charge is -2.09. The van der Waals surface area contributed by atoms with Crippen LogP contribution < -0.4 is 15.7 Å². The number of ether oxygens (including phenoxy) is 1. The molecule has 0 aliphatic rings. The Morgan fingerprint density at radius 2 is 1.81 bits per heavy atom. The SMILES string of the molecule is O=C(Cc1cccc(OCc2cccc(Cl)c2)c1)Nc1cccc(-c2n[nH]c(=O)[nH]2)c1. The highest BCUT2D eigenvalue weighted by Crippen LogP contribution is 2.20. The van der Waals surface area contributed by atoms with E-state index >= 15 is 0 Å². The van der Waals surface area contributed by atoms with E-state index in [-0.39, 0.29) is 18.0 Å². The van der Waals surface area contributed by atoms with Crippen LogP contribution >= 0.6 is 11.6 Å². The zero-order valence-corrected chi connectivity index (χ0v) is 17.1. The molecule has 0 radical (unpaired) electrons. The van der Waals surface area contributed by atoms with E-state index in [1.807, 2.05) is 48.5 Å². The normalized spacial score (nSPS) is 10.6. The topological polar surface area (TPSA) is 99.9 Å². The summed E-state index contributed by atoms with van der Waals surface area (Å²) in [6, 6.07) is 22.0. The molecule has 8 heteroatoms. The van der Waals surface area contributed by atoms with Gasteiger partial charge in [-0.3, -0.25) is 9.78 Å². The van der Waals surface area contributed by atoms with Gasteiger partial charge in [-0.1, -0.05) is 48.0 Å². The van der Waals surface area contributed by atoms with Gasteiger partial charge in [0.1, 0.15) is 12.4 Å². The second-order valence-electron chi connectivity index (χ2n) is 6.90. The highest BCUT2D eigenvalue weighted by molar-refractivity contribution is 6.30. The van der Waals surface area contributed by atoms with E-state index in [1.165, 1.54) is 0 Å². The van der Waals surface area contributed by atoms with E-state index in [9.17, 15) is 9.59 Å². The quantitative estimate of drug-likeness (QED) is 0.406. The molecule has 0 saturated carbocycles. The average molecular weight is 435 g/mol. The van der Waals surface area contributed by atoms with E-state index in [0.717, 1.165) is 11.1 Å². The zero-order chi connectivity index (χ0) is 21.6. The lowest BCUT2D eigenvalue weighted by molar-refractivity contribution is -0.115. The van der Waals surface area contributed by atoms with Crippen LogP contribution in [0.3, 0.4) is 0 Å². The first-order chi connectivity index (χ1) is 15.0. The number of carbonyl (C=O) groups is 1. The fourth-order valence-corrected chi connectivity index (χ4v) is 3.29. The molecule has 4 rings (SSSR count). The first-order valence-corrected chi connectivity index (χ1v) is 9.94. The Bertz CT molecular complexity index is 1270. The fraction of sp³-hybridized carbons (Fsp3) is 0.0870. The molecule has 0 spiro atoms. The summed E-state index contributed by atoms with van der Waals surface area (Å²) in [5, 5.41) is 9.75. The average Bonchev–Trinajstić information content (AvgIpc) is 3.19. The van der Waals surface area contributed by atoms with E-state index in [4.69, 9.17) is 16.3 Å². The molecule has 1 aromatic heterocycles. The Morgan fingerprint density at radius 1 is 1.00 bits per heavy atom. The van der Waals surface area contributed by atoms with Gasteiger partial charge in [-0.15, -0.1) is 0 Å². The lowest BCUT2D eigenvalue weighted by atomic mass is 10.1. The van der Waals surface area contributed by atoms with Crippen molar-refractivity contribution in [2.45, 2.75) is 13.0 Å². The van der Waals surface area contributed by atoms with Gasteiger partial charge in [0.2, 0.25) is 5.91 Å². The van der Waals surface area contributed by atoms with Crippen molar-refractivity contribution >= 4 is 23.2 Å². The molecular formula is C23H19ClN4O3. The van der Waals surface area contributed by atoms with Crippen LogP contribution in [-0.4, -0.2) is 21.1 Å². The summed E-state index contributed by atoms with van der Waals surface area (Å²) in [7, 11) is 0. The van der Waals surface area contributed by atoms with Gasteiger partial charge in [0, 0.05) is 16.3 Å². The number of H-pyrrole nitrogens is 2. The minimum atomic E-state index is -0.387. The van der Waals surface area contributed by atoms with Crippen molar-refractivity contribution in [3.63, 3.8) is 0 Å². The Morgan fingerprint density at radius 3 is 2.61 bits per heavy atom. The van der Waals surface area contributed by atoms with E-state index in [2.05, 4.69) is 20.5 Å². The molecule has 3 N–H and O–H groups in total. The molecule has 1 amide bonds. The molecule has 0 bridgehead atoms. The van der Waals surface area contributed by atoms with Gasteiger partial charge in [-0.2, -0.15) is 5.10 Å². The first-order valence-electron chi connectivity index (χ1n) is 9.56. The van der Waals surface area contributed by atoms with Crippen LogP contribution in [0.5, 0.6) is 5.75 Å². The Kier molecular flexibility index (Phi) is 6.14. The maximum absolute atomic E-state index is 12.5. The highest BCUT2D eigenvalue weighted by Gasteiger charge is 2.08. The number of hydrogen-bond acceptors (Lipinski definition) is 4. The van der Waals surface area contributed by atoms with Gasteiger partial charge in [0.25, 0.3) is 0 Å². The monoisotopic (exact) mass is 434 g/mol. The summed E-state index contributed by atoms with van der Waals surface area (Å²) in [5.41, 5.74) is 2.71. The first kappa shape index (κ1) is 20.4. The van der Waals surface area contributed by atoms with Crippen molar-refractivity contribution in [2.75, 3.05) is 5.32 Å². The molecule has 0 unspecified atom stereocenters. The van der Waals surface area contributed by atoms with Crippen molar-refractivity contribution in [1.82, 2.24) is 15.2 Å². The van der Waals surface area contributed by atoms with Crippen LogP contribution in [0.2, 0.25) is 5.02 Å². The molecular weight excluding hydrogens is 416 g/mol. The zero-order valence-electron chi connectivity index (χ0n) is 16.4. The van der Waals surface area contributed by atoms with E-state index < -0.39 is 0 Å². The van der Waals surface area contributed by atoms with Crippen LogP contribution in [0.1, 0.15) is 11.1 Å². The molecule has 3 aromatic carbocycles. The number of amides is 1. The van der Waals surface area contributed by atoms with Crippen molar-refractivity contribution in [2.24, 2.45) is 0 Å². The molecule has 4 aromatic rings. The largest absolute Gasteiger partial charge is 0.489 e. The molecule has 7 nitrogen and oxygen atoms in total. The minimum Gasteiger partial charge on any atom is -0.489 e. The number of halogens is 1. The summed E-state index contributed by atoms with van der Waals surface area (Å²) in [6.45, 7) is 0.387. The molecule has 0 fully saturated rings. The summed E-state index contributed by atoms with van der Waals surface area (Å²) in [5.74, 6) is 0.917. The Hall–Kier alpha value is -3.84. The summed E-state index contributed by atoms with van der Waals surface area (Å²) >= 11 is 6.00. The molecule has 0 aliphatic carbocycles. The Labute approximate surface area is 183 Å². The van der Waals surface area contributed by atoms with Crippen molar-refractivity contribution in [1.29, 1.82) is 0 Å². The molecule has 31 heavy (non-hydrogen) atoms. The van der Waals surface area contributed by atoms with Crippen LogP contribution in [0.4, 0.5) is 5.69 Å². The maximum Gasteiger partial charge on any atom is 0.340 e. The molecule has 0 atom stereocenters. The van der Waals surface area contributed by atoms with E-state index in [1.54, 1.807) is 24.3 Å². The van der Waals surface area contributed by atoms with Crippen LogP contribution in [-0.2, 0) is 17.8 Å². The van der Waals surface area contributed by atoms with Gasteiger partial charge in [-0.05, 0) is 47.5 Å². The van der Waals surface area contributed by atoms with Gasteiger partial charge in [-0.25, -0.2) is 9.89 Å². The third kappa shape index (κ3) is 5.61. The van der Waals surface area contributed by atoms with Crippen molar-refractivity contribution < 1.29 is 9.53 Å². The third-order valence-corrected chi connectivity index (χ3v) is 4.71. The predicted molar refractivity (Wildman–Crippen MR) is 119 cm³/mol. The second-order valence-corrected chi connectivity index (χ2v) is 7.33. The summed E-state index contributed by atoms with van der Waals surface area (Å²) in [6.07, 6.45) is 0.192. The maximum atomic E-state index is 12.5. The summed E-state index contributed by atoms with van der Waals surface area (Å²) in [4.78, 5) is 26.3. The minimum absolute atomic E-state index is 0.167. The Balaban J connectivity index is 1.37. The third-order valence-electron chi connectivity index (χ3n) is 4.48. The van der Waals surface area contributed by atoms with Gasteiger partial charge in [0.05, 0.1) is 6.42 Å². The van der Waals surface area contributed by atoms with Crippen LogP contribution in [0.25, 0.3) is 11.4 Å². The lowest BCUT2D eigenvalue weighted by Crippen LogP contribution is -2.14. The number of rotatable bonds is 7. The van der Waals surface area contributed by atoms with Crippen LogP contribution in [0.15, 0.2) is 77.6 Å². The number of hydrogen-bond donors (Lipinski definition) is 3.